The van der Waals surface area contributed by atoms with E-state index >= 15 is 0 Å². The van der Waals surface area contributed by atoms with Crippen LogP contribution in [0.15, 0.2) is 15.7 Å². The Balaban J connectivity index is 3.11. The molecule has 60 valence electrons. The topological polar surface area (TPSA) is 36.2 Å². The van der Waals surface area contributed by atoms with Crippen LogP contribution in [0.4, 0.5) is 0 Å². The van der Waals surface area contributed by atoms with Crippen LogP contribution in [0.25, 0.3) is 0 Å². The van der Waals surface area contributed by atoms with E-state index in [9.17, 15) is 0 Å². The highest BCUT2D eigenvalue weighted by molar-refractivity contribution is 6.55. The minimum atomic E-state index is -0.453. The third kappa shape index (κ3) is 1.47. The fourth-order valence-electron chi connectivity index (χ4n) is 0.885. The molecular weight excluding hydrogens is 183 g/mol. The third-order valence-corrected chi connectivity index (χ3v) is 2.53. The Hall–Kier alpha value is -0.340. The van der Waals surface area contributed by atoms with E-state index in [4.69, 9.17) is 28.6 Å². The Bertz CT molecular complexity index is 264. The van der Waals surface area contributed by atoms with Crippen molar-refractivity contribution >= 4 is 34.6 Å². The zero-order chi connectivity index (χ0) is 8.59. The van der Waals surface area contributed by atoms with Crippen molar-refractivity contribution in [2.45, 2.75) is 19.2 Å². The first-order valence-corrected chi connectivity index (χ1v) is 4.00. The van der Waals surface area contributed by atoms with Gasteiger partial charge in [0.05, 0.1) is 16.4 Å². The Labute approximate surface area is 75.4 Å². The van der Waals surface area contributed by atoms with Crippen molar-refractivity contribution in [3.63, 3.8) is 0 Å². The van der Waals surface area contributed by atoms with Crippen molar-refractivity contribution in [1.82, 2.24) is 0 Å². The SMILES string of the molecule is CC1=NC(C)=C(Cl)C(=N)C1Cl. The van der Waals surface area contributed by atoms with E-state index in [1.807, 2.05) is 0 Å². The quantitative estimate of drug-likeness (QED) is 0.571. The second-order valence-corrected chi connectivity index (χ2v) is 3.24. The number of rotatable bonds is 0. The largest absolute Gasteiger partial charge is 0.302 e. The summed E-state index contributed by atoms with van der Waals surface area (Å²) in [5, 5.41) is 7.38. The lowest BCUT2D eigenvalue weighted by Crippen LogP contribution is -2.25. The van der Waals surface area contributed by atoms with Crippen LogP contribution in [0.2, 0.25) is 0 Å². The molecule has 0 aromatic heterocycles. The molecule has 1 aliphatic rings. The minimum Gasteiger partial charge on any atom is -0.302 e. The van der Waals surface area contributed by atoms with Crippen molar-refractivity contribution in [1.29, 1.82) is 5.41 Å². The molecule has 4 heteroatoms. The molecule has 0 radical (unpaired) electrons. The molecule has 1 unspecified atom stereocenters. The number of hydrogen-bond donors (Lipinski definition) is 1. The fraction of sp³-hybridized carbons (Fsp3) is 0.429. The lowest BCUT2D eigenvalue weighted by Gasteiger charge is -2.16. The van der Waals surface area contributed by atoms with Gasteiger partial charge in [0.25, 0.3) is 0 Å². The molecule has 0 aromatic rings. The monoisotopic (exact) mass is 190 g/mol. The molecule has 0 saturated heterocycles. The number of allylic oxidation sites excluding steroid dienone is 2. The maximum atomic E-state index is 7.46. The van der Waals surface area contributed by atoms with Crippen LogP contribution in [-0.4, -0.2) is 16.8 Å². The number of nitrogens with zero attached hydrogens (tertiary/aromatic N) is 1. The standard InChI is InChI=1S/C7H8Cl2N2/c1-3-5(8)7(10)6(9)4(2)11-3/h5,10H,1-2H3. The summed E-state index contributed by atoms with van der Waals surface area (Å²) in [5.74, 6) is 0. The molecule has 0 spiro atoms. The van der Waals surface area contributed by atoms with Gasteiger partial charge < -0.3 is 5.41 Å². The predicted molar refractivity (Wildman–Crippen MR) is 49.0 cm³/mol. The summed E-state index contributed by atoms with van der Waals surface area (Å²) in [6.45, 7) is 3.56. The van der Waals surface area contributed by atoms with E-state index in [0.717, 1.165) is 5.71 Å². The molecule has 1 aliphatic heterocycles. The van der Waals surface area contributed by atoms with Crippen molar-refractivity contribution < 1.29 is 0 Å². The zero-order valence-corrected chi connectivity index (χ0v) is 7.79. The van der Waals surface area contributed by atoms with Crippen LogP contribution in [0.1, 0.15) is 13.8 Å². The summed E-state index contributed by atoms with van der Waals surface area (Å²) < 4.78 is 0. The van der Waals surface area contributed by atoms with Gasteiger partial charge in [-0.25, -0.2) is 0 Å². The number of aliphatic imine (C=N–C) groups is 1. The van der Waals surface area contributed by atoms with Gasteiger partial charge in [0.2, 0.25) is 0 Å². The highest BCUT2D eigenvalue weighted by Gasteiger charge is 2.23. The van der Waals surface area contributed by atoms with Gasteiger partial charge in [-0.3, -0.25) is 4.99 Å². The molecule has 0 saturated carbocycles. The van der Waals surface area contributed by atoms with Crippen molar-refractivity contribution in [3.05, 3.63) is 10.7 Å². The highest BCUT2D eigenvalue weighted by atomic mass is 35.5. The summed E-state index contributed by atoms with van der Waals surface area (Å²) in [6.07, 6.45) is 0. The Morgan fingerprint density at radius 3 is 2.55 bits per heavy atom. The first kappa shape index (κ1) is 8.75. The van der Waals surface area contributed by atoms with Crippen LogP contribution < -0.4 is 0 Å². The van der Waals surface area contributed by atoms with Crippen LogP contribution in [0, 0.1) is 5.41 Å². The molecule has 0 bridgehead atoms. The highest BCUT2D eigenvalue weighted by Crippen LogP contribution is 2.22. The molecule has 0 aliphatic carbocycles. The molecule has 0 aromatic carbocycles. The van der Waals surface area contributed by atoms with E-state index in [2.05, 4.69) is 4.99 Å². The first-order valence-electron chi connectivity index (χ1n) is 3.18. The Morgan fingerprint density at radius 2 is 2.00 bits per heavy atom. The second kappa shape index (κ2) is 2.95. The molecule has 1 heterocycles. The maximum absolute atomic E-state index is 7.46. The van der Waals surface area contributed by atoms with E-state index in [-0.39, 0.29) is 5.71 Å². The second-order valence-electron chi connectivity index (χ2n) is 2.43. The van der Waals surface area contributed by atoms with Crippen molar-refractivity contribution in [3.8, 4) is 0 Å². The van der Waals surface area contributed by atoms with Gasteiger partial charge in [-0.2, -0.15) is 0 Å². The van der Waals surface area contributed by atoms with Gasteiger partial charge in [-0.1, -0.05) is 11.6 Å². The lowest BCUT2D eigenvalue weighted by atomic mass is 10.1. The average Bonchev–Trinajstić information content (AvgIpc) is 1.97. The molecule has 1 atom stereocenters. The summed E-state index contributed by atoms with van der Waals surface area (Å²) in [4.78, 5) is 4.09. The number of alkyl halides is 1. The van der Waals surface area contributed by atoms with Gasteiger partial charge in [0, 0.05) is 5.71 Å². The van der Waals surface area contributed by atoms with Gasteiger partial charge in [0.1, 0.15) is 5.38 Å². The zero-order valence-electron chi connectivity index (χ0n) is 6.28. The molecule has 2 nitrogen and oxygen atoms in total. The van der Waals surface area contributed by atoms with Crippen molar-refractivity contribution in [2.24, 2.45) is 4.99 Å². The summed E-state index contributed by atoms with van der Waals surface area (Å²) >= 11 is 11.5. The molecule has 11 heavy (non-hydrogen) atoms. The third-order valence-electron chi connectivity index (χ3n) is 1.52. The predicted octanol–water partition coefficient (Wildman–Crippen LogP) is 2.56. The normalized spacial score (nSPS) is 25.6. The van der Waals surface area contributed by atoms with Crippen LogP contribution in [0.3, 0.4) is 0 Å². The van der Waals surface area contributed by atoms with Gasteiger partial charge in [-0.05, 0) is 13.8 Å². The Kier molecular flexibility index (Phi) is 2.35. The number of halogens is 2. The van der Waals surface area contributed by atoms with Crippen molar-refractivity contribution in [2.75, 3.05) is 0 Å². The van der Waals surface area contributed by atoms with Gasteiger partial charge >= 0.3 is 0 Å². The van der Waals surface area contributed by atoms with E-state index in [1.54, 1.807) is 13.8 Å². The molecule has 0 fully saturated rings. The summed E-state index contributed by atoms with van der Waals surface area (Å²) in [5.41, 5.74) is 1.66. The van der Waals surface area contributed by atoms with Crippen LogP contribution >= 0.6 is 23.2 Å². The maximum Gasteiger partial charge on any atom is 0.114 e. The number of hydrogen-bond acceptors (Lipinski definition) is 2. The van der Waals surface area contributed by atoms with Gasteiger partial charge in [0.15, 0.2) is 0 Å². The fourth-order valence-corrected chi connectivity index (χ4v) is 1.25. The van der Waals surface area contributed by atoms with Crippen LogP contribution in [-0.2, 0) is 0 Å². The summed E-state index contributed by atoms with van der Waals surface area (Å²) in [7, 11) is 0. The number of nitrogens with one attached hydrogen (secondary N) is 1. The first-order chi connectivity index (χ1) is 5.04. The Morgan fingerprint density at radius 1 is 1.45 bits per heavy atom. The van der Waals surface area contributed by atoms with Gasteiger partial charge in [-0.15, -0.1) is 11.6 Å². The summed E-state index contributed by atoms with van der Waals surface area (Å²) in [6, 6.07) is 0. The molecule has 1 N–H and O–H groups in total. The van der Waals surface area contributed by atoms with E-state index < -0.39 is 5.38 Å². The van der Waals surface area contributed by atoms with Crippen LogP contribution in [0.5, 0.6) is 0 Å². The molecule has 1 rings (SSSR count). The average molecular weight is 191 g/mol. The smallest absolute Gasteiger partial charge is 0.114 e. The lowest BCUT2D eigenvalue weighted by molar-refractivity contribution is 1.22. The minimum absolute atomic E-state index is 0.248. The van der Waals surface area contributed by atoms with E-state index in [1.165, 1.54) is 0 Å². The van der Waals surface area contributed by atoms with E-state index in [0.29, 0.717) is 10.7 Å². The molecular formula is C7H8Cl2N2. The molecule has 0 amide bonds.